The molecule has 4 aliphatic rings. The Hall–Kier alpha value is -3.69. The summed E-state index contributed by atoms with van der Waals surface area (Å²) in [6, 6.07) is 15.5. The molecule has 2 N–H and O–H groups in total. The number of β-amino-alcohol motifs (C(OH)–C–C–N with tert-alkyl or cyclic N) is 1. The van der Waals surface area contributed by atoms with E-state index in [-0.39, 0.29) is 23.1 Å². The minimum atomic E-state index is -1.12. The molecule has 1 saturated heterocycles. The third-order valence-corrected chi connectivity index (χ3v) is 9.12. The molecule has 39 heavy (non-hydrogen) atoms. The number of anilines is 1. The molecule has 1 amide bonds. The highest BCUT2D eigenvalue weighted by molar-refractivity contribution is 6.10. The fourth-order valence-corrected chi connectivity index (χ4v) is 6.59. The van der Waals surface area contributed by atoms with Gasteiger partial charge in [-0.05, 0) is 74.1 Å². The number of fused-ring (bicyclic) bond motifs is 2. The second-order valence-electron chi connectivity index (χ2n) is 11.7. The molecular formula is C30H32N4O5. The number of carboxylic acids is 1. The average molecular weight is 529 g/mol. The first-order valence-electron chi connectivity index (χ1n) is 13.7. The molecule has 3 heterocycles. The van der Waals surface area contributed by atoms with Crippen molar-refractivity contribution in [1.29, 1.82) is 0 Å². The molecule has 9 nitrogen and oxygen atoms in total. The number of aliphatic hydroxyl groups excluding tert-OH is 1. The maximum Gasteiger partial charge on any atom is 0.356 e. The molecule has 2 aliphatic heterocycles. The van der Waals surface area contributed by atoms with E-state index in [1.165, 1.54) is 10.2 Å². The van der Waals surface area contributed by atoms with Crippen molar-refractivity contribution in [2.24, 2.45) is 0 Å². The first-order valence-corrected chi connectivity index (χ1v) is 13.7. The molecular weight excluding hydrogens is 496 g/mol. The molecule has 2 aliphatic carbocycles. The van der Waals surface area contributed by atoms with Crippen molar-refractivity contribution in [1.82, 2.24) is 14.7 Å². The summed E-state index contributed by atoms with van der Waals surface area (Å²) in [6.45, 7) is 3.09. The van der Waals surface area contributed by atoms with Crippen LogP contribution in [-0.4, -0.2) is 76.2 Å². The molecule has 9 heteroatoms. The lowest BCUT2D eigenvalue weighted by atomic mass is 9.88. The van der Waals surface area contributed by atoms with E-state index in [0.717, 1.165) is 57.4 Å². The molecule has 1 atom stereocenters. The van der Waals surface area contributed by atoms with Crippen LogP contribution >= 0.6 is 0 Å². The van der Waals surface area contributed by atoms with Gasteiger partial charge >= 0.3 is 5.97 Å². The molecule has 0 bridgehead atoms. The second-order valence-corrected chi connectivity index (χ2v) is 11.7. The minimum absolute atomic E-state index is 0.0376. The Kier molecular flexibility index (Phi) is 5.41. The van der Waals surface area contributed by atoms with Crippen molar-refractivity contribution in [2.45, 2.75) is 49.0 Å². The zero-order valence-electron chi connectivity index (χ0n) is 22.0. The van der Waals surface area contributed by atoms with Crippen LogP contribution in [0.15, 0.2) is 48.5 Å². The van der Waals surface area contributed by atoms with Gasteiger partial charge in [-0.15, -0.1) is 0 Å². The largest absolute Gasteiger partial charge is 0.497 e. The first-order chi connectivity index (χ1) is 18.8. The second kappa shape index (κ2) is 8.66. The summed E-state index contributed by atoms with van der Waals surface area (Å²) < 4.78 is 6.76. The molecule has 1 spiro atoms. The van der Waals surface area contributed by atoms with Gasteiger partial charge in [-0.2, -0.15) is 5.10 Å². The predicted molar refractivity (Wildman–Crippen MR) is 144 cm³/mol. The maximum atomic E-state index is 14.1. The van der Waals surface area contributed by atoms with Gasteiger partial charge in [0.05, 0.1) is 18.9 Å². The number of nitrogens with zero attached hydrogens (tertiary/aromatic N) is 4. The van der Waals surface area contributed by atoms with Gasteiger partial charge in [0.2, 0.25) is 0 Å². The third kappa shape index (κ3) is 3.94. The number of aromatic carboxylic acids is 1. The molecule has 0 unspecified atom stereocenters. The fourth-order valence-electron chi connectivity index (χ4n) is 6.59. The monoisotopic (exact) mass is 528 g/mol. The van der Waals surface area contributed by atoms with Crippen LogP contribution in [0.1, 0.15) is 64.2 Å². The van der Waals surface area contributed by atoms with E-state index in [9.17, 15) is 19.8 Å². The van der Waals surface area contributed by atoms with E-state index >= 15 is 0 Å². The number of amides is 1. The van der Waals surface area contributed by atoms with E-state index < -0.39 is 11.4 Å². The number of carboxylic acid groups (broad SMARTS) is 1. The molecule has 0 radical (unpaired) electrons. The van der Waals surface area contributed by atoms with Gasteiger partial charge in [0.15, 0.2) is 5.69 Å². The maximum absolute atomic E-state index is 14.1. The number of carbonyl (C=O) groups is 2. The molecule has 202 valence electrons. The van der Waals surface area contributed by atoms with Gasteiger partial charge < -0.3 is 19.8 Å². The van der Waals surface area contributed by atoms with E-state index in [4.69, 9.17) is 4.74 Å². The normalized spacial score (nSPS) is 22.7. The van der Waals surface area contributed by atoms with Crippen LogP contribution in [0.2, 0.25) is 0 Å². The van der Waals surface area contributed by atoms with Crippen LogP contribution in [-0.2, 0) is 10.8 Å². The Labute approximate surface area is 226 Å². The number of aromatic nitrogens is 2. The van der Waals surface area contributed by atoms with E-state index in [2.05, 4.69) is 22.1 Å². The molecule has 3 fully saturated rings. The number of rotatable bonds is 7. The van der Waals surface area contributed by atoms with Gasteiger partial charge in [-0.25, -0.2) is 9.48 Å². The summed E-state index contributed by atoms with van der Waals surface area (Å²) in [5.74, 6) is -0.687. The van der Waals surface area contributed by atoms with Crippen molar-refractivity contribution in [3.8, 4) is 11.4 Å². The fraction of sp³-hybridized carbons (Fsp3) is 0.433. The van der Waals surface area contributed by atoms with Crippen molar-refractivity contribution in [3.05, 3.63) is 71.0 Å². The zero-order chi connectivity index (χ0) is 26.9. The lowest BCUT2D eigenvalue weighted by molar-refractivity contribution is 0.0688. The molecule has 1 aromatic heterocycles. The van der Waals surface area contributed by atoms with Crippen molar-refractivity contribution in [2.75, 3.05) is 38.2 Å². The van der Waals surface area contributed by atoms with E-state index in [1.54, 1.807) is 36.3 Å². The Bertz CT molecular complexity index is 1450. The summed E-state index contributed by atoms with van der Waals surface area (Å²) >= 11 is 0. The van der Waals surface area contributed by atoms with Crippen LogP contribution in [0.5, 0.6) is 5.75 Å². The standard InChI is InChI=1S/C30H32N4O5/c1-39-23-8-6-21(7-9-23)34-26-24(25(31-34)28(37)38)30(13-14-30)18-33(27(26)36)20-4-2-19(3-5-20)29(11-12-29)17-32-15-10-22(35)16-32/h2-9,22,35H,10-18H2,1H3,(H,37,38)/t22-/m0/s1. The quantitative estimate of drug-likeness (QED) is 0.484. The summed E-state index contributed by atoms with van der Waals surface area (Å²) in [6.07, 6.45) is 4.52. The number of carbonyl (C=O) groups excluding carboxylic acids is 1. The van der Waals surface area contributed by atoms with Gasteiger partial charge in [0, 0.05) is 48.3 Å². The van der Waals surface area contributed by atoms with Gasteiger partial charge in [0.1, 0.15) is 11.4 Å². The van der Waals surface area contributed by atoms with Crippen LogP contribution in [0.25, 0.3) is 5.69 Å². The zero-order valence-corrected chi connectivity index (χ0v) is 22.0. The van der Waals surface area contributed by atoms with Crippen LogP contribution in [0, 0.1) is 0 Å². The number of hydrogen-bond acceptors (Lipinski definition) is 6. The van der Waals surface area contributed by atoms with Crippen LogP contribution in [0.3, 0.4) is 0 Å². The highest BCUT2D eigenvalue weighted by atomic mass is 16.5. The van der Waals surface area contributed by atoms with Crippen molar-refractivity contribution in [3.63, 3.8) is 0 Å². The minimum Gasteiger partial charge on any atom is -0.497 e. The Morgan fingerprint density at radius 1 is 1.05 bits per heavy atom. The number of aliphatic hydroxyl groups is 1. The first kappa shape index (κ1) is 24.4. The van der Waals surface area contributed by atoms with Gasteiger partial charge in [-0.1, -0.05) is 12.1 Å². The lowest BCUT2D eigenvalue weighted by Crippen LogP contribution is -2.44. The van der Waals surface area contributed by atoms with Gasteiger partial charge in [0.25, 0.3) is 5.91 Å². The summed E-state index contributed by atoms with van der Waals surface area (Å²) in [7, 11) is 1.58. The predicted octanol–water partition coefficient (Wildman–Crippen LogP) is 3.37. The highest BCUT2D eigenvalue weighted by Crippen LogP contribution is 2.55. The Morgan fingerprint density at radius 3 is 2.31 bits per heavy atom. The molecule has 2 aromatic carbocycles. The van der Waals surface area contributed by atoms with Crippen LogP contribution in [0.4, 0.5) is 5.69 Å². The number of methoxy groups -OCH3 is 1. The lowest BCUT2D eigenvalue weighted by Gasteiger charge is -2.34. The smallest absolute Gasteiger partial charge is 0.356 e. The van der Waals surface area contributed by atoms with E-state index in [1.807, 2.05) is 12.1 Å². The highest BCUT2D eigenvalue weighted by Gasteiger charge is 2.56. The summed E-state index contributed by atoms with van der Waals surface area (Å²) in [4.78, 5) is 30.4. The number of hydrogen-bond donors (Lipinski definition) is 2. The SMILES string of the molecule is COc1ccc(-n2nc(C(=O)O)c3c2C(=O)N(c2ccc(C4(CN5CC[C@H](O)C5)CC4)cc2)CC32CC2)cc1. The Morgan fingerprint density at radius 2 is 1.74 bits per heavy atom. The third-order valence-electron chi connectivity index (χ3n) is 9.12. The van der Waals surface area contributed by atoms with Gasteiger partial charge in [-0.3, -0.25) is 9.69 Å². The van der Waals surface area contributed by atoms with Crippen molar-refractivity contribution >= 4 is 17.6 Å². The Balaban J connectivity index is 1.23. The van der Waals surface area contributed by atoms with E-state index in [0.29, 0.717) is 29.2 Å². The van der Waals surface area contributed by atoms with Crippen LogP contribution < -0.4 is 9.64 Å². The number of likely N-dealkylation sites (tertiary alicyclic amines) is 1. The number of benzene rings is 2. The number of ether oxygens (including phenoxy) is 1. The average Bonchev–Trinajstić information content (AvgIpc) is 3.82. The molecule has 3 aromatic rings. The topological polar surface area (TPSA) is 108 Å². The summed E-state index contributed by atoms with van der Waals surface area (Å²) in [5.41, 5.74) is 3.29. The molecule has 2 saturated carbocycles. The van der Waals surface area contributed by atoms with Crippen molar-refractivity contribution < 1.29 is 24.5 Å². The summed E-state index contributed by atoms with van der Waals surface area (Å²) in [5, 5.41) is 24.4. The molecule has 7 rings (SSSR count).